The largest absolute Gasteiger partial charge is 0.493 e. The Morgan fingerprint density at radius 3 is 2.55 bits per heavy atom. The first-order valence-electron chi connectivity index (χ1n) is 11.5. The van der Waals surface area contributed by atoms with Crippen molar-refractivity contribution >= 4 is 17.1 Å². The van der Waals surface area contributed by atoms with E-state index in [1.807, 2.05) is 48.3 Å². The minimum Gasteiger partial charge on any atom is -0.493 e. The van der Waals surface area contributed by atoms with Gasteiger partial charge in [0, 0.05) is 30.1 Å². The maximum atomic E-state index is 12.4. The maximum Gasteiger partial charge on any atom is 0.236 e. The predicted octanol–water partition coefficient (Wildman–Crippen LogP) is 3.47. The van der Waals surface area contributed by atoms with Crippen LogP contribution in [-0.2, 0) is 11.2 Å². The number of nitrogens with one attached hydrogen (secondary N) is 1. The summed E-state index contributed by atoms with van der Waals surface area (Å²) in [6, 6.07) is 5.91. The molecule has 1 saturated heterocycles. The molecule has 1 amide bonds. The zero-order valence-corrected chi connectivity index (χ0v) is 20.1. The van der Waals surface area contributed by atoms with E-state index in [2.05, 4.69) is 11.9 Å². The Balaban J connectivity index is 1.60. The third-order valence-corrected chi connectivity index (χ3v) is 6.37. The number of fused-ring (bicyclic) bond motifs is 1. The highest BCUT2D eigenvalue weighted by atomic mass is 16.5. The van der Waals surface area contributed by atoms with Crippen LogP contribution in [0.3, 0.4) is 0 Å². The van der Waals surface area contributed by atoms with E-state index in [4.69, 9.17) is 19.4 Å². The Bertz CT molecular complexity index is 1130. The zero-order chi connectivity index (χ0) is 23.5. The second-order valence-electron chi connectivity index (χ2n) is 8.79. The number of likely N-dealkylation sites (tertiary alicyclic amines) is 1. The average Bonchev–Trinajstić information content (AvgIpc) is 3.21. The maximum absolute atomic E-state index is 12.4. The SMILES string of the molecule is CCc1c(-c2ccc(OC)c(OC)c2)[nH]c2ncc(C3CCN(C(=O)CN(C)C)CC3)nc12. The van der Waals surface area contributed by atoms with Crippen LogP contribution in [0.4, 0.5) is 0 Å². The number of likely N-dealkylation sites (N-methyl/N-ethyl adjacent to an activating group) is 1. The molecule has 0 bridgehead atoms. The Morgan fingerprint density at radius 1 is 1.18 bits per heavy atom. The smallest absolute Gasteiger partial charge is 0.236 e. The number of carbonyl (C=O) groups excluding carboxylic acids is 1. The molecule has 0 unspecified atom stereocenters. The summed E-state index contributed by atoms with van der Waals surface area (Å²) in [5.41, 5.74) is 5.89. The summed E-state index contributed by atoms with van der Waals surface area (Å²) in [6.07, 6.45) is 4.54. The van der Waals surface area contributed by atoms with Crippen LogP contribution in [0.15, 0.2) is 24.4 Å². The van der Waals surface area contributed by atoms with Gasteiger partial charge in [-0.3, -0.25) is 4.79 Å². The molecule has 0 aliphatic carbocycles. The van der Waals surface area contributed by atoms with E-state index < -0.39 is 0 Å². The summed E-state index contributed by atoms with van der Waals surface area (Å²) in [5.74, 6) is 1.89. The first-order chi connectivity index (χ1) is 15.9. The number of piperidine rings is 1. The highest BCUT2D eigenvalue weighted by molar-refractivity contribution is 5.86. The predicted molar refractivity (Wildman–Crippen MR) is 129 cm³/mol. The molecule has 2 aromatic heterocycles. The first kappa shape index (κ1) is 23.0. The fraction of sp³-hybridized carbons (Fsp3) is 0.480. The quantitative estimate of drug-likeness (QED) is 0.592. The molecule has 0 radical (unpaired) electrons. The number of hydrogen-bond donors (Lipinski definition) is 1. The summed E-state index contributed by atoms with van der Waals surface area (Å²) in [6.45, 7) is 4.12. The van der Waals surface area contributed by atoms with E-state index >= 15 is 0 Å². The monoisotopic (exact) mass is 451 g/mol. The lowest BCUT2D eigenvalue weighted by Crippen LogP contribution is -2.42. The van der Waals surface area contributed by atoms with Crippen molar-refractivity contribution in [3.8, 4) is 22.8 Å². The molecule has 1 N–H and O–H groups in total. The number of nitrogens with zero attached hydrogens (tertiary/aromatic N) is 4. The topological polar surface area (TPSA) is 83.6 Å². The molecule has 33 heavy (non-hydrogen) atoms. The normalized spacial score (nSPS) is 14.8. The highest BCUT2D eigenvalue weighted by Crippen LogP contribution is 2.36. The van der Waals surface area contributed by atoms with Gasteiger partial charge < -0.3 is 24.3 Å². The number of aromatic amines is 1. The summed E-state index contributed by atoms with van der Waals surface area (Å²) in [7, 11) is 7.13. The molecule has 8 heteroatoms. The second kappa shape index (κ2) is 9.79. The molecule has 4 rings (SSSR count). The van der Waals surface area contributed by atoms with Crippen LogP contribution in [0.5, 0.6) is 11.5 Å². The van der Waals surface area contributed by atoms with Crippen LogP contribution in [0, 0.1) is 0 Å². The average molecular weight is 452 g/mol. The molecule has 1 aromatic carbocycles. The number of carbonyl (C=O) groups is 1. The van der Waals surface area contributed by atoms with Gasteiger partial charge in [-0.25, -0.2) is 9.97 Å². The number of amides is 1. The van der Waals surface area contributed by atoms with Crippen molar-refractivity contribution in [1.29, 1.82) is 0 Å². The molecule has 0 saturated carbocycles. The number of aromatic nitrogens is 3. The van der Waals surface area contributed by atoms with Crippen LogP contribution < -0.4 is 9.47 Å². The molecular formula is C25H33N5O3. The van der Waals surface area contributed by atoms with Crippen molar-refractivity contribution < 1.29 is 14.3 Å². The molecule has 8 nitrogen and oxygen atoms in total. The Hall–Kier alpha value is -3.13. The van der Waals surface area contributed by atoms with Crippen LogP contribution in [0.1, 0.15) is 36.9 Å². The number of H-pyrrole nitrogens is 1. The molecule has 1 aliphatic heterocycles. The number of aryl methyl sites for hydroxylation is 1. The highest BCUT2D eigenvalue weighted by Gasteiger charge is 2.26. The first-order valence-corrected chi connectivity index (χ1v) is 11.5. The van der Waals surface area contributed by atoms with Crippen LogP contribution >= 0.6 is 0 Å². The van der Waals surface area contributed by atoms with E-state index in [9.17, 15) is 4.79 Å². The van der Waals surface area contributed by atoms with Crippen molar-refractivity contribution in [3.05, 3.63) is 35.7 Å². The number of benzene rings is 1. The molecule has 176 valence electrons. The van der Waals surface area contributed by atoms with Gasteiger partial charge in [-0.05, 0) is 51.6 Å². The van der Waals surface area contributed by atoms with Crippen molar-refractivity contribution in [3.63, 3.8) is 0 Å². The molecular weight excluding hydrogens is 418 g/mol. The van der Waals surface area contributed by atoms with Crippen molar-refractivity contribution in [2.75, 3.05) is 47.9 Å². The van der Waals surface area contributed by atoms with E-state index in [0.717, 1.165) is 66.0 Å². The van der Waals surface area contributed by atoms with Gasteiger partial charge in [-0.1, -0.05) is 6.92 Å². The summed E-state index contributed by atoms with van der Waals surface area (Å²) in [4.78, 5) is 29.5. The lowest BCUT2D eigenvalue weighted by Gasteiger charge is -2.32. The lowest BCUT2D eigenvalue weighted by atomic mass is 9.93. The molecule has 0 spiro atoms. The minimum absolute atomic E-state index is 0.193. The van der Waals surface area contributed by atoms with Gasteiger partial charge in [0.2, 0.25) is 5.91 Å². The van der Waals surface area contributed by atoms with Gasteiger partial charge in [0.15, 0.2) is 17.1 Å². The van der Waals surface area contributed by atoms with Gasteiger partial charge in [0.1, 0.15) is 5.52 Å². The van der Waals surface area contributed by atoms with Gasteiger partial charge in [0.05, 0.1) is 38.3 Å². The lowest BCUT2D eigenvalue weighted by molar-refractivity contribution is -0.132. The fourth-order valence-electron chi connectivity index (χ4n) is 4.59. The molecule has 3 aromatic rings. The summed E-state index contributed by atoms with van der Waals surface area (Å²) >= 11 is 0. The number of ether oxygens (including phenoxy) is 2. The molecule has 3 heterocycles. The van der Waals surface area contributed by atoms with Gasteiger partial charge in [-0.15, -0.1) is 0 Å². The number of methoxy groups -OCH3 is 2. The van der Waals surface area contributed by atoms with E-state index in [1.54, 1.807) is 14.2 Å². The number of rotatable bonds is 7. The Kier molecular flexibility index (Phi) is 6.83. The third kappa shape index (κ3) is 4.66. The molecule has 0 atom stereocenters. The molecule has 1 aliphatic rings. The van der Waals surface area contributed by atoms with Crippen LogP contribution in [0.2, 0.25) is 0 Å². The summed E-state index contributed by atoms with van der Waals surface area (Å²) < 4.78 is 10.9. The van der Waals surface area contributed by atoms with Crippen molar-refractivity contribution in [1.82, 2.24) is 24.8 Å². The standard InChI is InChI=1S/C25H33N5O3/c1-6-18-23(17-7-8-20(32-4)21(13-17)33-5)28-25-24(18)27-19(14-26-25)16-9-11-30(12-10-16)22(31)15-29(2)3/h7-8,13-14,16H,6,9-12,15H2,1-5H3,(H,26,28). The van der Waals surface area contributed by atoms with E-state index in [-0.39, 0.29) is 5.91 Å². The third-order valence-electron chi connectivity index (χ3n) is 6.37. The van der Waals surface area contributed by atoms with Crippen LogP contribution in [0.25, 0.3) is 22.4 Å². The summed E-state index contributed by atoms with van der Waals surface area (Å²) in [5, 5.41) is 0. The van der Waals surface area contributed by atoms with Gasteiger partial charge in [0.25, 0.3) is 0 Å². The van der Waals surface area contributed by atoms with Crippen LogP contribution in [-0.4, -0.2) is 78.6 Å². The van der Waals surface area contributed by atoms with Gasteiger partial charge >= 0.3 is 0 Å². The van der Waals surface area contributed by atoms with Crippen molar-refractivity contribution in [2.45, 2.75) is 32.1 Å². The Morgan fingerprint density at radius 2 is 1.91 bits per heavy atom. The fourth-order valence-corrected chi connectivity index (χ4v) is 4.59. The second-order valence-corrected chi connectivity index (χ2v) is 8.79. The van der Waals surface area contributed by atoms with Crippen molar-refractivity contribution in [2.24, 2.45) is 0 Å². The van der Waals surface area contributed by atoms with Gasteiger partial charge in [-0.2, -0.15) is 0 Å². The number of hydrogen-bond acceptors (Lipinski definition) is 6. The minimum atomic E-state index is 0.193. The van der Waals surface area contributed by atoms with E-state index in [1.165, 1.54) is 0 Å². The Labute approximate surface area is 194 Å². The zero-order valence-electron chi connectivity index (χ0n) is 20.1. The van der Waals surface area contributed by atoms with E-state index in [0.29, 0.717) is 24.0 Å². The molecule has 1 fully saturated rings.